The molecule has 0 amide bonds. The van der Waals surface area contributed by atoms with E-state index in [4.69, 9.17) is 32.7 Å². The number of rotatable bonds is 5. The normalized spacial score (nSPS) is 24.7. The Labute approximate surface area is 145 Å². The Hall–Kier alpha value is -1.14. The molecular formula is C16H19Cl2N3O2. The van der Waals surface area contributed by atoms with Gasteiger partial charge in [0, 0.05) is 23.6 Å². The molecule has 1 aliphatic rings. The second-order valence-electron chi connectivity index (χ2n) is 5.57. The van der Waals surface area contributed by atoms with E-state index in [9.17, 15) is 0 Å². The molecule has 0 aliphatic carbocycles. The summed E-state index contributed by atoms with van der Waals surface area (Å²) in [5.74, 6) is -0.882. The Balaban J connectivity index is 1.91. The molecule has 0 N–H and O–H groups in total. The van der Waals surface area contributed by atoms with Crippen LogP contribution in [-0.2, 0) is 21.8 Å². The summed E-state index contributed by atoms with van der Waals surface area (Å²) in [5, 5.41) is 5.28. The van der Waals surface area contributed by atoms with Gasteiger partial charge in [-0.2, -0.15) is 5.10 Å². The Morgan fingerprint density at radius 2 is 2.26 bits per heavy atom. The van der Waals surface area contributed by atoms with Gasteiger partial charge in [-0.05, 0) is 25.0 Å². The molecule has 2 unspecified atom stereocenters. The molecule has 1 aromatic heterocycles. The van der Waals surface area contributed by atoms with Gasteiger partial charge < -0.3 is 9.47 Å². The van der Waals surface area contributed by atoms with Crippen molar-refractivity contribution in [3.8, 4) is 0 Å². The Kier molecular flexibility index (Phi) is 5.21. The first-order valence-electron chi connectivity index (χ1n) is 7.72. The maximum absolute atomic E-state index is 6.42. The lowest BCUT2D eigenvalue weighted by Crippen LogP contribution is -2.43. The van der Waals surface area contributed by atoms with Gasteiger partial charge in [0.05, 0.1) is 17.7 Å². The molecule has 1 aliphatic heterocycles. The molecule has 1 aromatic carbocycles. The highest BCUT2D eigenvalue weighted by atomic mass is 35.5. The number of aryl methyl sites for hydroxylation is 1. The van der Waals surface area contributed by atoms with Gasteiger partial charge in [0.15, 0.2) is 5.79 Å². The van der Waals surface area contributed by atoms with Gasteiger partial charge in [0.1, 0.15) is 12.7 Å². The minimum absolute atomic E-state index is 0.145. The maximum Gasteiger partial charge on any atom is 0.198 e. The van der Waals surface area contributed by atoms with Crippen LogP contribution in [0.2, 0.25) is 10.0 Å². The summed E-state index contributed by atoms with van der Waals surface area (Å²) < 4.78 is 14.2. The zero-order valence-electron chi connectivity index (χ0n) is 12.9. The molecule has 2 heterocycles. The quantitative estimate of drug-likeness (QED) is 0.811. The molecule has 0 spiro atoms. The van der Waals surface area contributed by atoms with Crippen molar-refractivity contribution in [2.75, 3.05) is 6.61 Å². The molecule has 23 heavy (non-hydrogen) atoms. The van der Waals surface area contributed by atoms with Crippen molar-refractivity contribution in [3.05, 3.63) is 46.5 Å². The van der Waals surface area contributed by atoms with Crippen LogP contribution in [0.4, 0.5) is 0 Å². The van der Waals surface area contributed by atoms with E-state index in [0.717, 1.165) is 18.4 Å². The van der Waals surface area contributed by atoms with Crippen LogP contribution < -0.4 is 0 Å². The molecule has 2 aromatic rings. The molecule has 1 fully saturated rings. The van der Waals surface area contributed by atoms with E-state index >= 15 is 0 Å². The first kappa shape index (κ1) is 16.7. The average molecular weight is 356 g/mol. The SMILES string of the molecule is CCC1CCOC(CCn2cncn2)(c2ccc(Cl)cc2Cl)O1. The zero-order chi connectivity index (χ0) is 16.3. The van der Waals surface area contributed by atoms with Gasteiger partial charge in [0.25, 0.3) is 0 Å². The fourth-order valence-electron chi connectivity index (χ4n) is 2.82. The first-order chi connectivity index (χ1) is 11.1. The number of nitrogens with zero attached hydrogens (tertiary/aromatic N) is 3. The number of hydrogen-bond acceptors (Lipinski definition) is 4. The second-order valence-corrected chi connectivity index (χ2v) is 6.41. The van der Waals surface area contributed by atoms with Crippen LogP contribution in [-0.4, -0.2) is 27.5 Å². The maximum atomic E-state index is 6.42. The van der Waals surface area contributed by atoms with Crippen LogP contribution in [0.1, 0.15) is 31.7 Å². The van der Waals surface area contributed by atoms with E-state index in [1.165, 1.54) is 6.33 Å². The van der Waals surface area contributed by atoms with Crippen LogP contribution >= 0.6 is 23.2 Å². The molecule has 5 nitrogen and oxygen atoms in total. The van der Waals surface area contributed by atoms with E-state index in [2.05, 4.69) is 17.0 Å². The Morgan fingerprint density at radius 3 is 2.96 bits per heavy atom. The number of halogens is 2. The summed E-state index contributed by atoms with van der Waals surface area (Å²) in [7, 11) is 0. The van der Waals surface area contributed by atoms with Gasteiger partial charge in [0.2, 0.25) is 0 Å². The number of benzene rings is 1. The number of hydrogen-bond donors (Lipinski definition) is 0. The van der Waals surface area contributed by atoms with E-state index in [1.54, 1.807) is 17.1 Å². The molecule has 1 saturated heterocycles. The molecule has 0 saturated carbocycles. The standard InChI is InChI=1S/C16H19Cl2N3O2/c1-2-13-5-8-22-16(23-13,6-7-21-11-19-10-20-21)14-4-3-12(17)9-15(14)18/h3-4,9-11,13H,2,5-8H2,1H3. The molecular weight excluding hydrogens is 337 g/mol. The predicted molar refractivity (Wildman–Crippen MR) is 88.5 cm³/mol. The zero-order valence-corrected chi connectivity index (χ0v) is 14.4. The minimum Gasteiger partial charge on any atom is -0.346 e. The molecule has 124 valence electrons. The third kappa shape index (κ3) is 3.69. The van der Waals surface area contributed by atoms with Gasteiger partial charge in [-0.15, -0.1) is 0 Å². The largest absolute Gasteiger partial charge is 0.346 e. The van der Waals surface area contributed by atoms with E-state index in [0.29, 0.717) is 29.6 Å². The second kappa shape index (κ2) is 7.18. The highest BCUT2D eigenvalue weighted by Crippen LogP contribution is 2.41. The number of aromatic nitrogens is 3. The van der Waals surface area contributed by atoms with Gasteiger partial charge >= 0.3 is 0 Å². The van der Waals surface area contributed by atoms with Crippen molar-refractivity contribution in [1.29, 1.82) is 0 Å². The third-order valence-electron chi connectivity index (χ3n) is 4.07. The summed E-state index contributed by atoms with van der Waals surface area (Å²) in [6, 6.07) is 5.41. The smallest absolute Gasteiger partial charge is 0.198 e. The average Bonchev–Trinajstić information content (AvgIpc) is 3.06. The molecule has 2 atom stereocenters. The van der Waals surface area contributed by atoms with E-state index < -0.39 is 5.79 Å². The fraction of sp³-hybridized carbons (Fsp3) is 0.500. The Morgan fingerprint density at radius 1 is 1.39 bits per heavy atom. The van der Waals surface area contributed by atoms with Crippen LogP contribution in [0, 0.1) is 0 Å². The summed E-state index contributed by atoms with van der Waals surface area (Å²) in [6.45, 7) is 3.37. The van der Waals surface area contributed by atoms with Crippen LogP contribution in [0.5, 0.6) is 0 Å². The van der Waals surface area contributed by atoms with Crippen molar-refractivity contribution in [2.45, 2.75) is 44.6 Å². The highest BCUT2D eigenvalue weighted by Gasteiger charge is 2.41. The highest BCUT2D eigenvalue weighted by molar-refractivity contribution is 6.35. The van der Waals surface area contributed by atoms with Crippen LogP contribution in [0.25, 0.3) is 0 Å². The van der Waals surface area contributed by atoms with Crippen LogP contribution in [0.3, 0.4) is 0 Å². The van der Waals surface area contributed by atoms with Crippen molar-refractivity contribution in [2.24, 2.45) is 0 Å². The monoisotopic (exact) mass is 355 g/mol. The van der Waals surface area contributed by atoms with Crippen molar-refractivity contribution in [3.63, 3.8) is 0 Å². The van der Waals surface area contributed by atoms with Gasteiger partial charge in [-0.25, -0.2) is 4.98 Å². The van der Waals surface area contributed by atoms with Crippen LogP contribution in [0.15, 0.2) is 30.9 Å². The molecule has 0 radical (unpaired) electrons. The lowest BCUT2D eigenvalue weighted by atomic mass is 9.99. The number of ether oxygens (including phenoxy) is 2. The van der Waals surface area contributed by atoms with Crippen molar-refractivity contribution < 1.29 is 9.47 Å². The molecule has 7 heteroatoms. The predicted octanol–water partition coefficient (Wildman–Crippen LogP) is 4.04. The lowest BCUT2D eigenvalue weighted by molar-refractivity contribution is -0.307. The lowest BCUT2D eigenvalue weighted by Gasteiger charge is -2.41. The third-order valence-corrected chi connectivity index (χ3v) is 4.61. The van der Waals surface area contributed by atoms with Gasteiger partial charge in [-0.1, -0.05) is 36.2 Å². The summed E-state index contributed by atoms with van der Waals surface area (Å²) in [6.07, 6.45) is 5.74. The molecule has 0 bridgehead atoms. The van der Waals surface area contributed by atoms with E-state index in [-0.39, 0.29) is 6.10 Å². The van der Waals surface area contributed by atoms with Gasteiger partial charge in [-0.3, -0.25) is 4.68 Å². The summed E-state index contributed by atoms with van der Waals surface area (Å²) in [4.78, 5) is 3.97. The molecule has 3 rings (SSSR count). The van der Waals surface area contributed by atoms with Crippen molar-refractivity contribution in [1.82, 2.24) is 14.8 Å². The minimum atomic E-state index is -0.882. The topological polar surface area (TPSA) is 49.2 Å². The van der Waals surface area contributed by atoms with Crippen molar-refractivity contribution >= 4 is 23.2 Å². The summed E-state index contributed by atoms with van der Waals surface area (Å²) in [5.41, 5.74) is 0.807. The fourth-order valence-corrected chi connectivity index (χ4v) is 3.37. The first-order valence-corrected chi connectivity index (χ1v) is 8.48. The summed E-state index contributed by atoms with van der Waals surface area (Å²) >= 11 is 12.5. The Bertz CT molecular complexity index is 651. The van der Waals surface area contributed by atoms with E-state index in [1.807, 2.05) is 12.1 Å².